The van der Waals surface area contributed by atoms with Crippen LogP contribution in [0.15, 0.2) is 0 Å². The first-order valence-electron chi connectivity index (χ1n) is 3.03. The maximum absolute atomic E-state index is 10.2. The Hall–Kier alpha value is 0.353. The van der Waals surface area contributed by atoms with Crippen molar-refractivity contribution in [2.24, 2.45) is 5.92 Å². The molecule has 0 aromatic heterocycles. The van der Waals surface area contributed by atoms with Gasteiger partial charge in [0.05, 0.1) is 5.92 Å². The van der Waals surface area contributed by atoms with Crippen LogP contribution >= 0.6 is 0 Å². The molecule has 1 aliphatic carbocycles. The van der Waals surface area contributed by atoms with Gasteiger partial charge in [-0.2, -0.15) is 0 Å². The third-order valence-corrected chi connectivity index (χ3v) is 1.70. The molecule has 0 heterocycles. The van der Waals surface area contributed by atoms with E-state index in [1.165, 1.54) is 0 Å². The first-order valence-corrected chi connectivity index (χ1v) is 3.03. The van der Waals surface area contributed by atoms with E-state index in [1.807, 2.05) is 0 Å². The second-order valence-corrected chi connectivity index (χ2v) is 2.32. The topological polar surface area (TPSA) is 37.3 Å². The first kappa shape index (κ1) is 9.35. The monoisotopic (exact) mass is 326 g/mol. The van der Waals surface area contributed by atoms with Crippen molar-refractivity contribution in [1.82, 2.24) is 0 Å². The van der Waals surface area contributed by atoms with Crippen LogP contribution in [0.4, 0.5) is 0 Å². The zero-order valence-corrected chi connectivity index (χ0v) is 11.0. The molecule has 0 saturated heterocycles. The summed E-state index contributed by atoms with van der Waals surface area (Å²) in [5, 5.41) is 8.41. The van der Waals surface area contributed by atoms with Gasteiger partial charge in [0, 0.05) is 0 Å². The van der Waals surface area contributed by atoms with Gasteiger partial charge in [-0.05, 0) is 12.8 Å². The van der Waals surface area contributed by atoms with Gasteiger partial charge in [0.2, 0.25) is 0 Å². The van der Waals surface area contributed by atoms with E-state index in [0.717, 1.165) is 25.7 Å². The van der Waals surface area contributed by atoms with Gasteiger partial charge in [-0.15, -0.1) is 0 Å². The van der Waals surface area contributed by atoms with Gasteiger partial charge in [-0.1, -0.05) is 12.8 Å². The maximum atomic E-state index is 10.2. The molecule has 2 nitrogen and oxygen atoms in total. The van der Waals surface area contributed by atoms with Crippen LogP contribution in [0, 0.1) is 5.92 Å². The van der Waals surface area contributed by atoms with Gasteiger partial charge in [0.25, 0.3) is 0 Å². The van der Waals surface area contributed by atoms with Gasteiger partial charge in [-0.25, -0.2) is 0 Å². The Bertz CT molecular complexity index is 97.2. The van der Waals surface area contributed by atoms with Crippen LogP contribution in [-0.4, -0.2) is 37.3 Å². The molecular weight excluding hydrogens is 313 g/mol. The molecule has 1 saturated carbocycles. The third-order valence-electron chi connectivity index (χ3n) is 1.70. The first-order chi connectivity index (χ1) is 3.80. The van der Waals surface area contributed by atoms with Crippen molar-refractivity contribution in [3.8, 4) is 0 Å². The number of hydrogen-bond acceptors (Lipinski definition) is 1. The van der Waals surface area contributed by atoms with Crippen LogP contribution in [0.2, 0.25) is 0 Å². The van der Waals surface area contributed by atoms with Crippen molar-refractivity contribution in [2.45, 2.75) is 25.7 Å². The molecule has 1 N–H and O–H groups in total. The van der Waals surface area contributed by atoms with E-state index >= 15 is 0 Å². The number of rotatable bonds is 1. The Morgan fingerprint density at radius 3 is 2.00 bits per heavy atom. The number of aliphatic carboxylic acids is 1. The van der Waals surface area contributed by atoms with Crippen LogP contribution in [0.1, 0.15) is 25.7 Å². The fourth-order valence-electron chi connectivity index (χ4n) is 1.17. The molecule has 0 aliphatic heterocycles. The molecule has 0 amide bonds. The number of hydrogen-bond donors (Lipinski definition) is 1. The molecule has 3 heteroatoms. The van der Waals surface area contributed by atoms with Gasteiger partial charge in [0.1, 0.15) is 0 Å². The Morgan fingerprint density at radius 2 is 1.78 bits per heavy atom. The van der Waals surface area contributed by atoms with Crippen molar-refractivity contribution in [2.75, 3.05) is 0 Å². The van der Waals surface area contributed by atoms with E-state index in [0.29, 0.717) is 0 Å². The molecule has 54 valence electrons. The number of carboxylic acid groups (broad SMARTS) is 1. The van der Waals surface area contributed by atoms with Crippen molar-refractivity contribution in [3.05, 3.63) is 0 Å². The second-order valence-electron chi connectivity index (χ2n) is 2.32. The van der Waals surface area contributed by atoms with Gasteiger partial charge in [0.15, 0.2) is 0 Å². The van der Waals surface area contributed by atoms with Crippen molar-refractivity contribution < 1.29 is 9.90 Å². The van der Waals surface area contributed by atoms with Crippen LogP contribution in [-0.2, 0) is 4.79 Å². The third kappa shape index (κ3) is 2.62. The summed E-state index contributed by atoms with van der Waals surface area (Å²) < 4.78 is 0. The number of carbonyl (C=O) groups is 1. The van der Waals surface area contributed by atoms with E-state index in [-0.39, 0.29) is 32.1 Å². The molecule has 0 spiro atoms. The minimum absolute atomic E-state index is 0. The van der Waals surface area contributed by atoms with Gasteiger partial charge in [-0.3, -0.25) is 4.79 Å². The predicted molar refractivity (Wildman–Crippen MR) is 39.5 cm³/mol. The van der Waals surface area contributed by atoms with Crippen LogP contribution in [0.3, 0.4) is 0 Å². The summed E-state index contributed by atoms with van der Waals surface area (Å²) in [5.74, 6) is -0.627. The summed E-state index contributed by atoms with van der Waals surface area (Å²) >= 11 is 0. The van der Waals surface area contributed by atoms with E-state index in [4.69, 9.17) is 5.11 Å². The molecular formula is C6H13BiO2. The van der Waals surface area contributed by atoms with Crippen LogP contribution < -0.4 is 0 Å². The normalized spacial score (nSPS) is 19.1. The fraction of sp³-hybridized carbons (Fsp3) is 0.833. The Balaban J connectivity index is 0.000000640. The van der Waals surface area contributed by atoms with Gasteiger partial charge < -0.3 is 5.11 Å². The van der Waals surface area contributed by atoms with E-state index in [9.17, 15) is 4.79 Å². The molecule has 0 radical (unpaired) electrons. The molecule has 0 aromatic carbocycles. The van der Waals surface area contributed by atoms with E-state index < -0.39 is 5.97 Å². The summed E-state index contributed by atoms with van der Waals surface area (Å²) in [5.41, 5.74) is 0. The summed E-state index contributed by atoms with van der Waals surface area (Å²) in [6, 6.07) is 0. The standard InChI is InChI=1S/C6H10O2.Bi.3H/c7-6(8)5-3-1-2-4-5;;;;/h5H,1-4H2,(H,7,8);;;;. The molecule has 1 rings (SSSR count). The Labute approximate surface area is 73.8 Å². The average molecular weight is 326 g/mol. The predicted octanol–water partition coefficient (Wildman–Crippen LogP) is 0.0773. The van der Waals surface area contributed by atoms with Gasteiger partial charge >= 0.3 is 32.2 Å². The molecule has 9 heavy (non-hydrogen) atoms. The van der Waals surface area contributed by atoms with Crippen LogP contribution in [0.25, 0.3) is 0 Å². The Kier molecular flexibility index (Phi) is 4.38. The molecule has 0 unspecified atom stereocenters. The Morgan fingerprint density at radius 1 is 1.33 bits per heavy atom. The molecule has 0 atom stereocenters. The fourth-order valence-corrected chi connectivity index (χ4v) is 1.17. The zero-order chi connectivity index (χ0) is 5.98. The summed E-state index contributed by atoms with van der Waals surface area (Å²) in [4.78, 5) is 10.2. The average Bonchev–Trinajstić information content (AvgIpc) is 2.12. The molecule has 1 aliphatic rings. The zero-order valence-electron chi connectivity index (χ0n) is 5.47. The molecule has 0 aromatic rings. The van der Waals surface area contributed by atoms with E-state index in [2.05, 4.69) is 0 Å². The summed E-state index contributed by atoms with van der Waals surface area (Å²) in [7, 11) is 0. The quantitative estimate of drug-likeness (QED) is 0.693. The minimum atomic E-state index is -0.609. The second kappa shape index (κ2) is 4.21. The van der Waals surface area contributed by atoms with E-state index in [1.54, 1.807) is 0 Å². The van der Waals surface area contributed by atoms with Crippen molar-refractivity contribution >= 4 is 32.2 Å². The van der Waals surface area contributed by atoms with Crippen molar-refractivity contribution in [3.63, 3.8) is 0 Å². The summed E-state index contributed by atoms with van der Waals surface area (Å²) in [6.07, 6.45) is 4.01. The van der Waals surface area contributed by atoms with Crippen LogP contribution in [0.5, 0.6) is 0 Å². The van der Waals surface area contributed by atoms with Crippen molar-refractivity contribution in [1.29, 1.82) is 0 Å². The molecule has 0 bridgehead atoms. The summed E-state index contributed by atoms with van der Waals surface area (Å²) in [6.45, 7) is 0. The molecule has 1 fully saturated rings. The number of carboxylic acids is 1. The SMILES string of the molecule is O=C(O)C1CCCC1.[BiH3].